The summed E-state index contributed by atoms with van der Waals surface area (Å²) in [6.45, 7) is 0.284. The summed E-state index contributed by atoms with van der Waals surface area (Å²) in [7, 11) is 0. The van der Waals surface area contributed by atoms with Crippen molar-refractivity contribution in [2.45, 2.75) is 6.54 Å². The summed E-state index contributed by atoms with van der Waals surface area (Å²) >= 11 is 8.90. The molecular formula is C16H11ClFN3OS2. The van der Waals surface area contributed by atoms with E-state index in [9.17, 15) is 9.18 Å². The molecule has 0 saturated heterocycles. The molecule has 0 aliphatic rings. The lowest BCUT2D eigenvalue weighted by molar-refractivity contribution is 0.0950. The molecule has 0 fully saturated rings. The Hall–Kier alpha value is -2.09. The molecule has 0 unspecified atom stereocenters. The van der Waals surface area contributed by atoms with Crippen LogP contribution in [0.3, 0.4) is 0 Å². The lowest BCUT2D eigenvalue weighted by Gasteiger charge is -2.02. The van der Waals surface area contributed by atoms with Crippen molar-refractivity contribution in [1.29, 1.82) is 0 Å². The van der Waals surface area contributed by atoms with Crippen molar-refractivity contribution in [2.75, 3.05) is 0 Å². The summed E-state index contributed by atoms with van der Waals surface area (Å²) in [6, 6.07) is 7.85. The molecule has 0 aliphatic carbocycles. The molecule has 0 bridgehead atoms. The van der Waals surface area contributed by atoms with Gasteiger partial charge in [-0.05, 0) is 46.2 Å². The van der Waals surface area contributed by atoms with Gasteiger partial charge < -0.3 is 5.32 Å². The second-order valence-electron chi connectivity index (χ2n) is 4.77. The summed E-state index contributed by atoms with van der Waals surface area (Å²) < 4.78 is 12.8. The predicted octanol–water partition coefficient (Wildman–Crippen LogP) is 4.41. The highest BCUT2D eigenvalue weighted by molar-refractivity contribution is 7.15. The average molecular weight is 380 g/mol. The van der Waals surface area contributed by atoms with Crippen LogP contribution in [0.15, 0.2) is 41.1 Å². The van der Waals surface area contributed by atoms with E-state index in [4.69, 9.17) is 11.6 Å². The van der Waals surface area contributed by atoms with Crippen LogP contribution in [-0.2, 0) is 6.54 Å². The van der Waals surface area contributed by atoms with Gasteiger partial charge in [-0.15, -0.1) is 10.2 Å². The number of hydrogen-bond donors (Lipinski definition) is 1. The second kappa shape index (κ2) is 7.65. The van der Waals surface area contributed by atoms with Gasteiger partial charge in [0.2, 0.25) is 5.01 Å². The first kappa shape index (κ1) is 16.8. The van der Waals surface area contributed by atoms with Crippen LogP contribution >= 0.6 is 34.3 Å². The first-order valence-electron chi connectivity index (χ1n) is 6.88. The Kier molecular flexibility index (Phi) is 5.34. The fraction of sp³-hybridized carbons (Fsp3) is 0.0625. The van der Waals surface area contributed by atoms with Gasteiger partial charge in [0.25, 0.3) is 5.91 Å². The largest absolute Gasteiger partial charge is 0.346 e. The zero-order valence-corrected chi connectivity index (χ0v) is 14.6. The number of halogens is 2. The lowest BCUT2D eigenvalue weighted by Crippen LogP contribution is -2.22. The molecule has 0 spiro atoms. The first-order valence-corrected chi connectivity index (χ1v) is 9.01. The third-order valence-electron chi connectivity index (χ3n) is 3.03. The minimum absolute atomic E-state index is 0.226. The highest BCUT2D eigenvalue weighted by Crippen LogP contribution is 2.25. The number of hydrogen-bond acceptors (Lipinski definition) is 5. The van der Waals surface area contributed by atoms with Crippen LogP contribution < -0.4 is 5.32 Å². The van der Waals surface area contributed by atoms with Crippen molar-refractivity contribution in [3.63, 3.8) is 0 Å². The predicted molar refractivity (Wildman–Crippen MR) is 95.5 cm³/mol. The Bertz CT molecular complexity index is 860. The van der Waals surface area contributed by atoms with E-state index in [1.807, 2.05) is 16.8 Å². The molecule has 1 N–H and O–H groups in total. The van der Waals surface area contributed by atoms with E-state index in [1.165, 1.54) is 12.1 Å². The summed E-state index contributed by atoms with van der Waals surface area (Å²) in [5, 5.41) is 15.6. The monoisotopic (exact) mass is 379 g/mol. The van der Waals surface area contributed by atoms with E-state index in [2.05, 4.69) is 15.5 Å². The molecule has 0 radical (unpaired) electrons. The number of rotatable bonds is 5. The van der Waals surface area contributed by atoms with Crippen molar-refractivity contribution < 1.29 is 9.18 Å². The van der Waals surface area contributed by atoms with Crippen molar-refractivity contribution >= 4 is 51.3 Å². The standard InChI is InChI=1S/C16H11ClFN3OS2/c17-13(7-11-5-6-23-9-11)15-20-21-16(24-15)14(22)19-8-10-1-3-12(18)4-2-10/h1-7,9H,8H2,(H,19,22). The number of amides is 1. The van der Waals surface area contributed by atoms with Crippen LogP contribution in [-0.4, -0.2) is 16.1 Å². The van der Waals surface area contributed by atoms with Crippen LogP contribution in [0.25, 0.3) is 11.1 Å². The van der Waals surface area contributed by atoms with Crippen LogP contribution in [0.5, 0.6) is 0 Å². The maximum absolute atomic E-state index is 12.8. The molecular weight excluding hydrogens is 369 g/mol. The Morgan fingerprint density at radius 3 is 2.67 bits per heavy atom. The van der Waals surface area contributed by atoms with Gasteiger partial charge in [-0.25, -0.2) is 4.39 Å². The molecule has 2 aromatic heterocycles. The van der Waals surface area contributed by atoms with Crippen LogP contribution in [0.1, 0.15) is 25.9 Å². The first-order chi connectivity index (χ1) is 11.6. The van der Waals surface area contributed by atoms with Gasteiger partial charge in [0, 0.05) is 6.54 Å². The topological polar surface area (TPSA) is 54.9 Å². The number of carbonyl (C=O) groups excluding carboxylic acids is 1. The van der Waals surface area contributed by atoms with Gasteiger partial charge >= 0.3 is 0 Å². The van der Waals surface area contributed by atoms with Gasteiger partial charge in [-0.1, -0.05) is 35.1 Å². The molecule has 0 saturated carbocycles. The average Bonchev–Trinajstić information content (AvgIpc) is 3.25. The molecule has 0 atom stereocenters. The van der Waals surface area contributed by atoms with E-state index >= 15 is 0 Å². The zero-order chi connectivity index (χ0) is 16.9. The van der Waals surface area contributed by atoms with E-state index in [0.717, 1.165) is 22.5 Å². The molecule has 2 heterocycles. The molecule has 8 heteroatoms. The Morgan fingerprint density at radius 1 is 1.21 bits per heavy atom. The minimum Gasteiger partial charge on any atom is -0.346 e. The second-order valence-corrected chi connectivity index (χ2v) is 6.94. The minimum atomic E-state index is -0.344. The van der Waals surface area contributed by atoms with Gasteiger partial charge in [-0.2, -0.15) is 11.3 Å². The quantitative estimate of drug-likeness (QED) is 0.714. The highest BCUT2D eigenvalue weighted by atomic mass is 35.5. The summed E-state index contributed by atoms with van der Waals surface area (Å²) in [5.74, 6) is -0.658. The number of nitrogens with zero attached hydrogens (tertiary/aromatic N) is 2. The van der Waals surface area contributed by atoms with Gasteiger partial charge in [0.05, 0.1) is 5.03 Å². The Balaban J connectivity index is 1.64. The van der Waals surface area contributed by atoms with E-state index < -0.39 is 0 Å². The van der Waals surface area contributed by atoms with Crippen molar-refractivity contribution in [2.24, 2.45) is 0 Å². The maximum atomic E-state index is 12.8. The van der Waals surface area contributed by atoms with Crippen LogP contribution in [0.4, 0.5) is 4.39 Å². The van der Waals surface area contributed by atoms with Gasteiger partial charge in [-0.3, -0.25) is 4.79 Å². The normalized spacial score (nSPS) is 11.5. The van der Waals surface area contributed by atoms with Crippen molar-refractivity contribution in [3.8, 4) is 0 Å². The highest BCUT2D eigenvalue weighted by Gasteiger charge is 2.14. The van der Waals surface area contributed by atoms with E-state index in [-0.39, 0.29) is 23.3 Å². The zero-order valence-electron chi connectivity index (χ0n) is 12.2. The summed E-state index contributed by atoms with van der Waals surface area (Å²) in [4.78, 5) is 12.1. The molecule has 1 amide bonds. The number of aromatic nitrogens is 2. The molecule has 4 nitrogen and oxygen atoms in total. The molecule has 0 aliphatic heterocycles. The number of nitrogens with one attached hydrogen (secondary N) is 1. The van der Waals surface area contributed by atoms with Gasteiger partial charge in [0.15, 0.2) is 5.01 Å². The smallest absolute Gasteiger partial charge is 0.282 e. The molecule has 24 heavy (non-hydrogen) atoms. The molecule has 3 aromatic rings. The van der Waals surface area contributed by atoms with Crippen LogP contribution in [0.2, 0.25) is 0 Å². The fourth-order valence-electron chi connectivity index (χ4n) is 1.84. The molecule has 1 aromatic carbocycles. The van der Waals surface area contributed by atoms with Gasteiger partial charge in [0.1, 0.15) is 5.82 Å². The molecule has 122 valence electrons. The van der Waals surface area contributed by atoms with E-state index in [0.29, 0.717) is 10.0 Å². The summed E-state index contributed by atoms with van der Waals surface area (Å²) in [6.07, 6.45) is 1.78. The third-order valence-corrected chi connectivity index (χ3v) is 5.08. The Labute approximate surface area is 150 Å². The van der Waals surface area contributed by atoms with Crippen LogP contribution in [0, 0.1) is 5.82 Å². The third kappa shape index (κ3) is 4.25. The van der Waals surface area contributed by atoms with Crippen molar-refractivity contribution in [1.82, 2.24) is 15.5 Å². The molecule has 3 rings (SSSR count). The lowest BCUT2D eigenvalue weighted by atomic mass is 10.2. The summed E-state index contributed by atoms with van der Waals surface area (Å²) in [5.41, 5.74) is 1.77. The number of benzene rings is 1. The maximum Gasteiger partial charge on any atom is 0.282 e. The number of thiophene rings is 1. The number of carbonyl (C=O) groups is 1. The van der Waals surface area contributed by atoms with Crippen molar-refractivity contribution in [3.05, 3.63) is 68.1 Å². The Morgan fingerprint density at radius 2 is 1.96 bits per heavy atom. The fourth-order valence-corrected chi connectivity index (χ4v) is 3.40. The van der Waals surface area contributed by atoms with E-state index in [1.54, 1.807) is 29.5 Å². The SMILES string of the molecule is O=C(NCc1ccc(F)cc1)c1nnc(C(Cl)=Cc2ccsc2)s1.